The van der Waals surface area contributed by atoms with E-state index < -0.39 is 17.6 Å². The maximum Gasteiger partial charge on any atom is 0.231 e. The van der Waals surface area contributed by atoms with E-state index in [1.165, 1.54) is 18.2 Å². The number of carbonyl (C=O) groups excluding carboxylic acids is 1. The van der Waals surface area contributed by atoms with Crippen LogP contribution in [-0.2, 0) is 4.79 Å². The van der Waals surface area contributed by atoms with Gasteiger partial charge in [0.05, 0.1) is 16.4 Å². The van der Waals surface area contributed by atoms with Crippen LogP contribution in [0.3, 0.4) is 0 Å². The number of amides is 1. The molecule has 26 heavy (non-hydrogen) atoms. The predicted molar refractivity (Wildman–Crippen MR) is 102 cm³/mol. The molecule has 0 saturated carbocycles. The number of carbonyl (C=O) groups is 1. The van der Waals surface area contributed by atoms with Gasteiger partial charge in [-0.05, 0) is 42.5 Å². The van der Waals surface area contributed by atoms with Gasteiger partial charge < -0.3 is 5.73 Å². The lowest BCUT2D eigenvalue weighted by Gasteiger charge is -2.17. The first kappa shape index (κ1) is 18.6. The molecule has 1 unspecified atom stereocenters. The Kier molecular flexibility index (Phi) is 5.47. The molecule has 0 radical (unpaired) electrons. The highest BCUT2D eigenvalue weighted by molar-refractivity contribution is 6.36. The fraction of sp³-hybridized carbons (Fsp3) is 0.0526. The molecule has 1 amide bonds. The van der Waals surface area contributed by atoms with Gasteiger partial charge in [0.25, 0.3) is 0 Å². The quantitative estimate of drug-likeness (QED) is 0.621. The molecule has 0 aliphatic heterocycles. The molecule has 7 heteroatoms. The second kappa shape index (κ2) is 7.62. The highest BCUT2D eigenvalue weighted by atomic mass is 35.5. The van der Waals surface area contributed by atoms with Crippen molar-refractivity contribution in [2.24, 2.45) is 5.73 Å². The minimum Gasteiger partial charge on any atom is -0.369 e. The Bertz CT molecular complexity index is 974. The fourth-order valence-electron chi connectivity index (χ4n) is 2.68. The Labute approximate surface area is 164 Å². The summed E-state index contributed by atoms with van der Waals surface area (Å²) < 4.78 is 14.3. The smallest absolute Gasteiger partial charge is 0.231 e. The monoisotopic (exact) mass is 408 g/mol. The second-order valence-corrected chi connectivity index (χ2v) is 6.79. The molecular weight excluding hydrogens is 398 g/mol. The van der Waals surface area contributed by atoms with Gasteiger partial charge in [0.2, 0.25) is 5.91 Å². The average molecular weight is 410 g/mol. The van der Waals surface area contributed by atoms with Gasteiger partial charge in [-0.3, -0.25) is 9.78 Å². The number of hydrogen-bond donors (Lipinski definition) is 1. The van der Waals surface area contributed by atoms with Gasteiger partial charge in [0, 0.05) is 21.2 Å². The zero-order valence-corrected chi connectivity index (χ0v) is 15.5. The van der Waals surface area contributed by atoms with E-state index in [9.17, 15) is 9.18 Å². The largest absolute Gasteiger partial charge is 0.369 e. The van der Waals surface area contributed by atoms with E-state index in [1.54, 1.807) is 36.4 Å². The molecule has 0 aliphatic rings. The Morgan fingerprint density at radius 2 is 1.73 bits per heavy atom. The van der Waals surface area contributed by atoms with Gasteiger partial charge in [-0.25, -0.2) is 4.39 Å². The molecule has 0 saturated heterocycles. The van der Waals surface area contributed by atoms with Crippen LogP contribution in [0, 0.1) is 5.82 Å². The highest BCUT2D eigenvalue weighted by Gasteiger charge is 2.27. The van der Waals surface area contributed by atoms with Crippen molar-refractivity contribution >= 4 is 40.7 Å². The summed E-state index contributed by atoms with van der Waals surface area (Å²) in [6, 6.07) is 14.1. The standard InChI is InChI=1S/C19H12Cl3FN2O/c20-10-7-8-11(13(22)9-10)15-5-2-6-16(25-15)18(19(24)26)17-12(21)3-1-4-14(17)23/h1-9,18H,(H2,24,26). The molecule has 0 aliphatic carbocycles. The molecule has 2 N–H and O–H groups in total. The molecule has 132 valence electrons. The predicted octanol–water partition coefficient (Wildman–Crippen LogP) is 5.47. The zero-order chi connectivity index (χ0) is 18.8. The first-order valence-electron chi connectivity index (χ1n) is 7.54. The minimum absolute atomic E-state index is 0.00600. The maximum atomic E-state index is 14.3. The molecule has 1 aromatic heterocycles. The molecule has 0 bridgehead atoms. The summed E-state index contributed by atoms with van der Waals surface area (Å²) in [5.74, 6) is -2.52. The Morgan fingerprint density at radius 1 is 1.00 bits per heavy atom. The molecule has 0 fully saturated rings. The van der Waals surface area contributed by atoms with Crippen molar-refractivity contribution in [1.82, 2.24) is 4.98 Å². The Morgan fingerprint density at radius 3 is 2.38 bits per heavy atom. The van der Waals surface area contributed by atoms with E-state index in [4.69, 9.17) is 40.5 Å². The molecule has 3 nitrogen and oxygen atoms in total. The van der Waals surface area contributed by atoms with Crippen LogP contribution < -0.4 is 5.73 Å². The third-order valence-corrected chi connectivity index (χ3v) is 4.72. The third-order valence-electron chi connectivity index (χ3n) is 3.85. The van der Waals surface area contributed by atoms with Gasteiger partial charge in [0.15, 0.2) is 0 Å². The number of pyridine rings is 1. The molecule has 0 spiro atoms. The van der Waals surface area contributed by atoms with Crippen LogP contribution in [-0.4, -0.2) is 10.9 Å². The van der Waals surface area contributed by atoms with E-state index in [0.29, 0.717) is 21.3 Å². The van der Waals surface area contributed by atoms with Crippen molar-refractivity contribution < 1.29 is 9.18 Å². The maximum absolute atomic E-state index is 14.3. The fourth-order valence-corrected chi connectivity index (χ4v) is 3.46. The summed E-state index contributed by atoms with van der Waals surface area (Å²) in [7, 11) is 0. The van der Waals surface area contributed by atoms with Crippen molar-refractivity contribution in [3.8, 4) is 11.3 Å². The SMILES string of the molecule is NC(=O)C(c1cccc(-c2ccc(Cl)cc2Cl)n1)c1c(F)cccc1Cl. The van der Waals surface area contributed by atoms with Gasteiger partial charge in [-0.1, -0.05) is 46.9 Å². The third kappa shape index (κ3) is 3.68. The molecule has 1 heterocycles. The van der Waals surface area contributed by atoms with Crippen molar-refractivity contribution in [3.63, 3.8) is 0 Å². The summed E-state index contributed by atoms with van der Waals surface area (Å²) in [5, 5.41) is 0.996. The van der Waals surface area contributed by atoms with Crippen LogP contribution in [0.25, 0.3) is 11.3 Å². The summed E-state index contributed by atoms with van der Waals surface area (Å²) in [6.45, 7) is 0. The van der Waals surface area contributed by atoms with Crippen molar-refractivity contribution in [1.29, 1.82) is 0 Å². The van der Waals surface area contributed by atoms with Crippen LogP contribution in [0.5, 0.6) is 0 Å². The van der Waals surface area contributed by atoms with Gasteiger partial charge in [0.1, 0.15) is 11.7 Å². The highest BCUT2D eigenvalue weighted by Crippen LogP contribution is 2.34. The van der Waals surface area contributed by atoms with Crippen LogP contribution in [0.2, 0.25) is 15.1 Å². The van der Waals surface area contributed by atoms with Gasteiger partial charge >= 0.3 is 0 Å². The topological polar surface area (TPSA) is 56.0 Å². The van der Waals surface area contributed by atoms with Gasteiger partial charge in [-0.2, -0.15) is 0 Å². The summed E-state index contributed by atoms with van der Waals surface area (Å²) >= 11 is 18.3. The van der Waals surface area contributed by atoms with E-state index in [-0.39, 0.29) is 16.3 Å². The van der Waals surface area contributed by atoms with E-state index in [0.717, 1.165) is 0 Å². The Hall–Kier alpha value is -2.14. The number of aromatic nitrogens is 1. The average Bonchev–Trinajstić information content (AvgIpc) is 2.58. The van der Waals surface area contributed by atoms with Gasteiger partial charge in [-0.15, -0.1) is 0 Å². The number of nitrogens with two attached hydrogens (primary N) is 1. The lowest BCUT2D eigenvalue weighted by atomic mass is 9.93. The van der Waals surface area contributed by atoms with Crippen molar-refractivity contribution in [2.75, 3.05) is 0 Å². The van der Waals surface area contributed by atoms with Crippen LogP contribution >= 0.6 is 34.8 Å². The molecular formula is C19H12Cl3FN2O. The molecule has 3 rings (SSSR count). The van der Waals surface area contributed by atoms with Crippen LogP contribution in [0.4, 0.5) is 4.39 Å². The number of rotatable bonds is 4. The Balaban J connectivity index is 2.14. The number of halogens is 4. The second-order valence-electron chi connectivity index (χ2n) is 5.54. The van der Waals surface area contributed by atoms with E-state index in [2.05, 4.69) is 4.98 Å². The summed E-state index contributed by atoms with van der Waals surface area (Å²) in [6.07, 6.45) is 0. The zero-order valence-electron chi connectivity index (χ0n) is 13.2. The molecule has 3 aromatic rings. The number of hydrogen-bond acceptors (Lipinski definition) is 2. The number of benzene rings is 2. The lowest BCUT2D eigenvalue weighted by Crippen LogP contribution is -2.24. The first-order chi connectivity index (χ1) is 12.4. The van der Waals surface area contributed by atoms with Crippen LogP contribution in [0.1, 0.15) is 17.2 Å². The summed E-state index contributed by atoms with van der Waals surface area (Å²) in [5.41, 5.74) is 6.92. The lowest BCUT2D eigenvalue weighted by molar-refractivity contribution is -0.118. The molecule has 1 atom stereocenters. The van der Waals surface area contributed by atoms with Crippen LogP contribution in [0.15, 0.2) is 54.6 Å². The van der Waals surface area contributed by atoms with Crippen molar-refractivity contribution in [3.05, 3.63) is 86.7 Å². The van der Waals surface area contributed by atoms with E-state index in [1.807, 2.05) is 0 Å². The molecule has 2 aromatic carbocycles. The van der Waals surface area contributed by atoms with E-state index >= 15 is 0 Å². The minimum atomic E-state index is -1.13. The van der Waals surface area contributed by atoms with Crippen molar-refractivity contribution in [2.45, 2.75) is 5.92 Å². The first-order valence-corrected chi connectivity index (χ1v) is 8.67. The normalized spacial score (nSPS) is 12.0. The number of nitrogens with zero attached hydrogens (tertiary/aromatic N) is 1. The summed E-state index contributed by atoms with van der Waals surface area (Å²) in [4.78, 5) is 16.5. The number of primary amides is 1.